The lowest BCUT2D eigenvalue weighted by Gasteiger charge is -1.99. The molecule has 0 spiro atoms. The number of pyridine rings is 1. The van der Waals surface area contributed by atoms with Gasteiger partial charge >= 0.3 is 0 Å². The first-order chi connectivity index (χ1) is 8.28. The molecule has 0 atom stereocenters. The van der Waals surface area contributed by atoms with Crippen LogP contribution in [0.1, 0.15) is 11.1 Å². The first kappa shape index (κ1) is 11.3. The van der Waals surface area contributed by atoms with Crippen LogP contribution in [0.4, 0.5) is 5.82 Å². The van der Waals surface area contributed by atoms with E-state index >= 15 is 0 Å². The lowest BCUT2D eigenvalue weighted by Crippen LogP contribution is -1.84. The third-order valence-electron chi connectivity index (χ3n) is 2.36. The number of aromatic nitrogens is 1. The van der Waals surface area contributed by atoms with Crippen molar-refractivity contribution in [3.05, 3.63) is 53.7 Å². The molecule has 0 aliphatic rings. The molecule has 0 saturated carbocycles. The van der Waals surface area contributed by atoms with E-state index in [1.807, 2.05) is 43.3 Å². The first-order valence-corrected chi connectivity index (χ1v) is 5.39. The highest BCUT2D eigenvalue weighted by Crippen LogP contribution is 2.12. The van der Waals surface area contributed by atoms with Crippen molar-refractivity contribution in [2.45, 2.75) is 6.92 Å². The fourth-order valence-electron chi connectivity index (χ4n) is 1.42. The van der Waals surface area contributed by atoms with Crippen LogP contribution in [0.2, 0.25) is 0 Å². The maximum atomic E-state index is 5.09. The van der Waals surface area contributed by atoms with Gasteiger partial charge in [0.2, 0.25) is 0 Å². The zero-order chi connectivity index (χ0) is 12.1. The summed E-state index contributed by atoms with van der Waals surface area (Å²) in [5.41, 5.74) is 2.18. The van der Waals surface area contributed by atoms with Crippen molar-refractivity contribution in [1.82, 2.24) is 4.98 Å². The molecule has 1 heterocycles. The van der Waals surface area contributed by atoms with Gasteiger partial charge in [0.05, 0.1) is 7.11 Å². The Morgan fingerprint density at radius 2 is 1.94 bits per heavy atom. The van der Waals surface area contributed by atoms with Gasteiger partial charge in [0.25, 0.3) is 0 Å². The largest absolute Gasteiger partial charge is 0.497 e. The van der Waals surface area contributed by atoms with Crippen LogP contribution in [-0.4, -0.2) is 18.3 Å². The summed E-state index contributed by atoms with van der Waals surface area (Å²) < 4.78 is 5.09. The molecule has 86 valence electrons. The van der Waals surface area contributed by atoms with E-state index in [1.54, 1.807) is 19.5 Å². The molecule has 0 aliphatic carbocycles. The summed E-state index contributed by atoms with van der Waals surface area (Å²) in [6.45, 7) is 2.02. The second-order valence-corrected chi connectivity index (χ2v) is 3.72. The minimum absolute atomic E-state index is 0.723. The average molecular weight is 226 g/mol. The van der Waals surface area contributed by atoms with Gasteiger partial charge in [-0.15, -0.1) is 0 Å². The Bertz CT molecular complexity index is 518. The lowest BCUT2D eigenvalue weighted by molar-refractivity contribution is 0.415. The van der Waals surface area contributed by atoms with Crippen LogP contribution in [0.15, 0.2) is 47.6 Å². The number of aliphatic imine (C=N–C) groups is 1. The summed E-state index contributed by atoms with van der Waals surface area (Å²) in [6.07, 6.45) is 3.55. The van der Waals surface area contributed by atoms with E-state index in [-0.39, 0.29) is 0 Å². The summed E-state index contributed by atoms with van der Waals surface area (Å²) in [7, 11) is 1.65. The number of methoxy groups -OCH3 is 1. The van der Waals surface area contributed by atoms with Crippen LogP contribution in [0.25, 0.3) is 0 Å². The van der Waals surface area contributed by atoms with Gasteiger partial charge in [-0.3, -0.25) is 0 Å². The standard InChI is InChI=1S/C14H14N2O/c1-11-7-8-15-14(9-11)16-10-12-3-5-13(17-2)6-4-12/h3-10H,1-2H3. The molecule has 3 heteroatoms. The minimum Gasteiger partial charge on any atom is -0.497 e. The molecule has 17 heavy (non-hydrogen) atoms. The smallest absolute Gasteiger partial charge is 0.151 e. The van der Waals surface area contributed by atoms with E-state index in [0.29, 0.717) is 0 Å². The number of ether oxygens (including phenoxy) is 1. The molecule has 0 aliphatic heterocycles. The fourth-order valence-corrected chi connectivity index (χ4v) is 1.42. The number of aryl methyl sites for hydroxylation is 1. The molecule has 0 bridgehead atoms. The van der Waals surface area contributed by atoms with Crippen molar-refractivity contribution in [3.8, 4) is 5.75 Å². The van der Waals surface area contributed by atoms with Crippen LogP contribution in [0.3, 0.4) is 0 Å². The van der Waals surface area contributed by atoms with Crippen LogP contribution in [0, 0.1) is 6.92 Å². The van der Waals surface area contributed by atoms with Gasteiger partial charge in [-0.1, -0.05) is 0 Å². The molecular weight excluding hydrogens is 212 g/mol. The zero-order valence-electron chi connectivity index (χ0n) is 9.92. The summed E-state index contributed by atoms with van der Waals surface area (Å²) in [5, 5.41) is 0. The van der Waals surface area contributed by atoms with Crippen LogP contribution in [-0.2, 0) is 0 Å². The van der Waals surface area contributed by atoms with Gasteiger partial charge in [0.1, 0.15) is 5.75 Å². The lowest BCUT2D eigenvalue weighted by atomic mass is 10.2. The molecule has 1 aromatic carbocycles. The van der Waals surface area contributed by atoms with E-state index in [9.17, 15) is 0 Å². The summed E-state index contributed by atoms with van der Waals surface area (Å²) >= 11 is 0. The van der Waals surface area contributed by atoms with Crippen molar-refractivity contribution in [2.24, 2.45) is 4.99 Å². The Morgan fingerprint density at radius 3 is 2.59 bits per heavy atom. The molecule has 2 aromatic rings. The summed E-state index contributed by atoms with van der Waals surface area (Å²) in [5.74, 6) is 1.57. The number of nitrogens with zero attached hydrogens (tertiary/aromatic N) is 2. The predicted octanol–water partition coefficient (Wildman–Crippen LogP) is 3.15. The minimum atomic E-state index is 0.723. The Balaban J connectivity index is 2.14. The highest BCUT2D eigenvalue weighted by atomic mass is 16.5. The van der Waals surface area contributed by atoms with Crippen molar-refractivity contribution in [3.63, 3.8) is 0 Å². The topological polar surface area (TPSA) is 34.5 Å². The molecule has 0 N–H and O–H groups in total. The van der Waals surface area contributed by atoms with E-state index in [1.165, 1.54) is 0 Å². The van der Waals surface area contributed by atoms with Crippen LogP contribution >= 0.6 is 0 Å². The van der Waals surface area contributed by atoms with E-state index in [0.717, 1.165) is 22.7 Å². The molecule has 2 rings (SSSR count). The van der Waals surface area contributed by atoms with Crippen LogP contribution in [0.5, 0.6) is 5.75 Å². The van der Waals surface area contributed by atoms with E-state index < -0.39 is 0 Å². The number of rotatable bonds is 3. The second kappa shape index (κ2) is 5.25. The molecule has 3 nitrogen and oxygen atoms in total. The molecule has 0 unspecified atom stereocenters. The van der Waals surface area contributed by atoms with Gasteiger partial charge in [-0.25, -0.2) is 9.98 Å². The third-order valence-corrected chi connectivity index (χ3v) is 2.36. The van der Waals surface area contributed by atoms with Gasteiger partial charge in [0.15, 0.2) is 5.82 Å². The third kappa shape index (κ3) is 3.14. The molecular formula is C14H14N2O. The van der Waals surface area contributed by atoms with Crippen LogP contribution < -0.4 is 4.74 Å². The highest BCUT2D eigenvalue weighted by Gasteiger charge is 1.92. The Kier molecular flexibility index (Phi) is 3.50. The zero-order valence-corrected chi connectivity index (χ0v) is 9.92. The van der Waals surface area contributed by atoms with Crippen molar-refractivity contribution in [1.29, 1.82) is 0 Å². The molecule has 0 fully saturated rings. The normalized spacial score (nSPS) is 10.7. The summed E-state index contributed by atoms with van der Waals surface area (Å²) in [4.78, 5) is 8.48. The molecule has 0 saturated heterocycles. The van der Waals surface area contributed by atoms with Crippen molar-refractivity contribution in [2.75, 3.05) is 7.11 Å². The Labute approximate surface area is 101 Å². The quantitative estimate of drug-likeness (QED) is 0.753. The predicted molar refractivity (Wildman–Crippen MR) is 69.2 cm³/mol. The Morgan fingerprint density at radius 1 is 1.18 bits per heavy atom. The van der Waals surface area contributed by atoms with Gasteiger partial charge in [-0.05, 0) is 54.4 Å². The van der Waals surface area contributed by atoms with Crippen molar-refractivity contribution < 1.29 is 4.74 Å². The molecule has 1 aromatic heterocycles. The van der Waals surface area contributed by atoms with Gasteiger partial charge in [-0.2, -0.15) is 0 Å². The average Bonchev–Trinajstić information content (AvgIpc) is 2.37. The summed E-state index contributed by atoms with van der Waals surface area (Å²) in [6, 6.07) is 11.6. The van der Waals surface area contributed by atoms with Gasteiger partial charge < -0.3 is 4.74 Å². The molecule has 0 amide bonds. The van der Waals surface area contributed by atoms with E-state index in [4.69, 9.17) is 4.74 Å². The monoisotopic (exact) mass is 226 g/mol. The van der Waals surface area contributed by atoms with Crippen molar-refractivity contribution >= 4 is 12.0 Å². The number of benzene rings is 1. The fraction of sp³-hybridized carbons (Fsp3) is 0.143. The maximum absolute atomic E-state index is 5.09. The SMILES string of the molecule is COc1ccc(C=Nc2cc(C)ccn2)cc1. The number of hydrogen-bond acceptors (Lipinski definition) is 3. The number of hydrogen-bond donors (Lipinski definition) is 0. The van der Waals surface area contributed by atoms with E-state index in [2.05, 4.69) is 9.98 Å². The highest BCUT2D eigenvalue weighted by molar-refractivity contribution is 5.81. The maximum Gasteiger partial charge on any atom is 0.151 e. The van der Waals surface area contributed by atoms with Gasteiger partial charge in [0, 0.05) is 12.4 Å². The Hall–Kier alpha value is -2.16. The first-order valence-electron chi connectivity index (χ1n) is 5.39. The second-order valence-electron chi connectivity index (χ2n) is 3.72. The molecule has 0 radical (unpaired) electrons.